The Morgan fingerprint density at radius 1 is 0.962 bits per heavy atom. The van der Waals surface area contributed by atoms with Crippen molar-refractivity contribution in [1.29, 1.82) is 0 Å². The number of carboxylic acid groups (broad SMARTS) is 1. The van der Waals surface area contributed by atoms with Crippen molar-refractivity contribution in [2.45, 2.75) is 70.1 Å². The molecule has 0 aliphatic heterocycles. The van der Waals surface area contributed by atoms with Gasteiger partial charge in [-0.3, -0.25) is 4.79 Å². The maximum atomic E-state index is 10.6. The molecule has 2 nitrogen and oxygen atoms in total. The lowest BCUT2D eigenvalue weighted by Gasteiger charge is -2.37. The van der Waals surface area contributed by atoms with E-state index in [1.54, 1.807) is 0 Å². The minimum Gasteiger partial charge on any atom is -0.481 e. The zero-order valence-electron chi connectivity index (χ0n) is 15.6. The van der Waals surface area contributed by atoms with Crippen LogP contribution in [0, 0.1) is 17.8 Å². The molecule has 2 aliphatic carbocycles. The van der Waals surface area contributed by atoms with Crippen molar-refractivity contribution >= 4 is 17.6 Å². The second-order valence-electron chi connectivity index (χ2n) is 8.20. The van der Waals surface area contributed by atoms with Crippen LogP contribution in [0.25, 0.3) is 0 Å². The van der Waals surface area contributed by atoms with Gasteiger partial charge in [0.05, 0.1) is 0 Å². The van der Waals surface area contributed by atoms with Crippen LogP contribution < -0.4 is 0 Å². The first kappa shape index (κ1) is 19.5. The van der Waals surface area contributed by atoms with Gasteiger partial charge in [0.1, 0.15) is 0 Å². The summed E-state index contributed by atoms with van der Waals surface area (Å²) in [5.41, 5.74) is 1.46. The molecule has 2 saturated carbocycles. The quantitative estimate of drug-likeness (QED) is 0.553. The summed E-state index contributed by atoms with van der Waals surface area (Å²) < 4.78 is 0. The summed E-state index contributed by atoms with van der Waals surface area (Å²) in [6.07, 6.45) is 15.9. The predicted octanol–water partition coefficient (Wildman–Crippen LogP) is 6.84. The molecule has 3 heteroatoms. The Kier molecular flexibility index (Phi) is 7.19. The van der Waals surface area contributed by atoms with E-state index in [0.717, 1.165) is 22.8 Å². The zero-order valence-corrected chi connectivity index (χ0v) is 16.3. The molecule has 2 fully saturated rings. The molecule has 1 aromatic rings. The molecule has 0 saturated heterocycles. The number of hydrogen-bond acceptors (Lipinski definition) is 1. The van der Waals surface area contributed by atoms with E-state index in [2.05, 4.69) is 24.3 Å². The van der Waals surface area contributed by atoms with E-state index in [-0.39, 0.29) is 6.42 Å². The minimum absolute atomic E-state index is 0.253. The molecule has 0 bridgehead atoms. The van der Waals surface area contributed by atoms with Crippen molar-refractivity contribution < 1.29 is 9.90 Å². The van der Waals surface area contributed by atoms with E-state index in [4.69, 9.17) is 16.7 Å². The Morgan fingerprint density at radius 2 is 1.54 bits per heavy atom. The predicted molar refractivity (Wildman–Crippen MR) is 108 cm³/mol. The molecule has 0 aromatic heterocycles. The van der Waals surface area contributed by atoms with Gasteiger partial charge in [-0.25, -0.2) is 0 Å². The molecular weight excluding hydrogens is 344 g/mol. The molecule has 1 N–H and O–H groups in total. The molecule has 1 aromatic carbocycles. The Balaban J connectivity index is 1.39. The number of aliphatic carboxylic acids is 1. The number of carboxylic acids is 1. The van der Waals surface area contributed by atoms with Gasteiger partial charge in [0.25, 0.3) is 0 Å². The third-order valence-electron chi connectivity index (χ3n) is 6.53. The Hall–Kier alpha value is -1.28. The number of hydrogen-bond donors (Lipinski definition) is 1. The Bertz CT molecular complexity index is 591. The Morgan fingerprint density at radius 3 is 2.12 bits per heavy atom. The molecule has 26 heavy (non-hydrogen) atoms. The first-order valence-electron chi connectivity index (χ1n) is 10.3. The van der Waals surface area contributed by atoms with Crippen LogP contribution in [0.5, 0.6) is 0 Å². The summed E-state index contributed by atoms with van der Waals surface area (Å²) in [6.45, 7) is 0. The van der Waals surface area contributed by atoms with Crippen LogP contribution in [-0.2, 0) is 4.79 Å². The van der Waals surface area contributed by atoms with Gasteiger partial charge in [-0.1, -0.05) is 35.9 Å². The average molecular weight is 375 g/mol. The maximum absolute atomic E-state index is 10.6. The molecular formula is C23H31ClO2. The lowest BCUT2D eigenvalue weighted by Crippen LogP contribution is -2.25. The molecule has 0 unspecified atom stereocenters. The van der Waals surface area contributed by atoms with Crippen LogP contribution in [0.1, 0.15) is 75.7 Å². The van der Waals surface area contributed by atoms with Gasteiger partial charge in [0, 0.05) is 11.4 Å². The second kappa shape index (κ2) is 9.60. The van der Waals surface area contributed by atoms with Crippen molar-refractivity contribution in [2.75, 3.05) is 0 Å². The summed E-state index contributed by atoms with van der Waals surface area (Å²) in [5, 5.41) is 9.52. The highest BCUT2D eigenvalue weighted by molar-refractivity contribution is 6.30. The molecule has 0 heterocycles. The van der Waals surface area contributed by atoms with E-state index >= 15 is 0 Å². The van der Waals surface area contributed by atoms with Crippen molar-refractivity contribution in [3.05, 3.63) is 47.0 Å². The van der Waals surface area contributed by atoms with Crippen molar-refractivity contribution in [3.63, 3.8) is 0 Å². The van der Waals surface area contributed by atoms with E-state index < -0.39 is 5.97 Å². The average Bonchev–Trinajstić information content (AvgIpc) is 2.66. The van der Waals surface area contributed by atoms with Gasteiger partial charge in [-0.15, -0.1) is 0 Å². The molecule has 2 aliphatic rings. The van der Waals surface area contributed by atoms with E-state index in [0.29, 0.717) is 12.3 Å². The lowest BCUT2D eigenvalue weighted by atomic mass is 9.68. The molecule has 142 valence electrons. The fraction of sp³-hybridized carbons (Fsp3) is 0.609. The number of halogens is 1. The Labute approximate surface area is 162 Å². The molecule has 0 radical (unpaired) electrons. The van der Waals surface area contributed by atoms with Gasteiger partial charge in [-0.05, 0) is 99.2 Å². The van der Waals surface area contributed by atoms with E-state index in [1.165, 1.54) is 56.9 Å². The van der Waals surface area contributed by atoms with Crippen LogP contribution in [0.3, 0.4) is 0 Å². The summed E-state index contributed by atoms with van der Waals surface area (Å²) in [7, 11) is 0. The SMILES string of the molecule is O=C(O)CCC=C[C@H]1CC[C@H]([C@H]2CC[C@H](c3ccc(Cl)cc3)CC2)CC1. The summed E-state index contributed by atoms with van der Waals surface area (Å²) in [4.78, 5) is 10.6. The summed E-state index contributed by atoms with van der Waals surface area (Å²) in [5.74, 6) is 2.51. The number of allylic oxidation sites excluding steroid dienone is 2. The third kappa shape index (κ3) is 5.61. The smallest absolute Gasteiger partial charge is 0.303 e. The van der Waals surface area contributed by atoms with Crippen LogP contribution in [0.4, 0.5) is 0 Å². The number of rotatable bonds is 6. The maximum Gasteiger partial charge on any atom is 0.303 e. The highest BCUT2D eigenvalue weighted by Gasteiger charge is 2.30. The first-order chi connectivity index (χ1) is 12.6. The first-order valence-corrected chi connectivity index (χ1v) is 10.6. The molecule has 0 atom stereocenters. The molecule has 3 rings (SSSR count). The highest BCUT2D eigenvalue weighted by Crippen LogP contribution is 2.44. The third-order valence-corrected chi connectivity index (χ3v) is 6.78. The van der Waals surface area contributed by atoms with Crippen LogP contribution in [0.15, 0.2) is 36.4 Å². The van der Waals surface area contributed by atoms with Crippen LogP contribution in [0.2, 0.25) is 5.02 Å². The summed E-state index contributed by atoms with van der Waals surface area (Å²) >= 11 is 6.01. The normalized spacial score (nSPS) is 29.7. The largest absolute Gasteiger partial charge is 0.481 e. The van der Waals surface area contributed by atoms with Gasteiger partial charge < -0.3 is 5.11 Å². The van der Waals surface area contributed by atoms with Gasteiger partial charge in [-0.2, -0.15) is 0 Å². The molecule has 0 amide bonds. The number of benzene rings is 1. The fourth-order valence-corrected chi connectivity index (χ4v) is 5.09. The van der Waals surface area contributed by atoms with Crippen LogP contribution in [-0.4, -0.2) is 11.1 Å². The van der Waals surface area contributed by atoms with Gasteiger partial charge >= 0.3 is 5.97 Å². The number of carbonyl (C=O) groups is 1. The second-order valence-corrected chi connectivity index (χ2v) is 8.64. The highest BCUT2D eigenvalue weighted by atomic mass is 35.5. The van der Waals surface area contributed by atoms with E-state index in [9.17, 15) is 4.79 Å². The van der Waals surface area contributed by atoms with Crippen molar-refractivity contribution in [3.8, 4) is 0 Å². The van der Waals surface area contributed by atoms with Gasteiger partial charge in [0.2, 0.25) is 0 Å². The van der Waals surface area contributed by atoms with Gasteiger partial charge in [0.15, 0.2) is 0 Å². The zero-order chi connectivity index (χ0) is 18.4. The minimum atomic E-state index is -0.701. The van der Waals surface area contributed by atoms with Crippen molar-refractivity contribution in [1.82, 2.24) is 0 Å². The van der Waals surface area contributed by atoms with Crippen molar-refractivity contribution in [2.24, 2.45) is 17.8 Å². The molecule has 0 spiro atoms. The fourth-order valence-electron chi connectivity index (χ4n) is 4.96. The standard InChI is InChI=1S/C23H31ClO2/c24-22-15-13-21(14-16-22)20-11-9-19(10-12-20)18-7-5-17(6-8-18)3-1-2-4-23(25)26/h1,3,13-20H,2,4-12H2,(H,25,26)/t17-,18-,19-,20-. The van der Waals surface area contributed by atoms with Crippen LogP contribution >= 0.6 is 11.6 Å². The lowest BCUT2D eigenvalue weighted by molar-refractivity contribution is -0.136. The topological polar surface area (TPSA) is 37.3 Å². The monoisotopic (exact) mass is 374 g/mol. The summed E-state index contributed by atoms with van der Waals surface area (Å²) in [6, 6.07) is 8.45. The van der Waals surface area contributed by atoms with E-state index in [1.807, 2.05) is 12.1 Å².